The van der Waals surface area contributed by atoms with Gasteiger partial charge in [0.2, 0.25) is 11.8 Å². The predicted molar refractivity (Wildman–Crippen MR) is 91.3 cm³/mol. The molecule has 1 heterocycles. The fourth-order valence-corrected chi connectivity index (χ4v) is 3.25. The Labute approximate surface area is 142 Å². The second-order valence-corrected chi connectivity index (χ2v) is 6.64. The van der Waals surface area contributed by atoms with Crippen molar-refractivity contribution >= 4 is 11.8 Å². The van der Waals surface area contributed by atoms with Crippen LogP contribution in [-0.2, 0) is 20.7 Å². The highest BCUT2D eigenvalue weighted by Gasteiger charge is 2.51. The molecule has 1 aromatic rings. The third kappa shape index (κ3) is 3.85. The molecule has 5 nitrogen and oxygen atoms in total. The van der Waals surface area contributed by atoms with E-state index in [1.807, 2.05) is 23.1 Å². The number of hydrogen-bond donors (Lipinski definition) is 1. The molecular formula is C19H24N2O3. The summed E-state index contributed by atoms with van der Waals surface area (Å²) in [7, 11) is 0. The largest absolute Gasteiger partial charge is 0.373 e. The highest BCUT2D eigenvalue weighted by molar-refractivity contribution is 5.87. The number of benzene rings is 1. The molecule has 1 saturated heterocycles. The second kappa shape index (κ2) is 7.18. The zero-order chi connectivity index (χ0) is 17.0. The van der Waals surface area contributed by atoms with Crippen LogP contribution in [0.5, 0.6) is 0 Å². The van der Waals surface area contributed by atoms with E-state index in [-0.39, 0.29) is 23.3 Å². The second-order valence-electron chi connectivity index (χ2n) is 6.64. The standard InChI is InChI=1S/C19H24N2O3/c1-2-17(22)20-13-16-14-21(10-11-24-16)18(23)19(8-9-19)12-15-6-4-3-5-7-15/h2-7,16H,1,8-14H2,(H,20,22)/t16-/m0/s1. The van der Waals surface area contributed by atoms with Gasteiger partial charge >= 0.3 is 0 Å². The molecule has 1 aromatic carbocycles. The van der Waals surface area contributed by atoms with Crippen molar-refractivity contribution in [1.82, 2.24) is 10.2 Å². The first kappa shape index (κ1) is 16.7. The van der Waals surface area contributed by atoms with E-state index < -0.39 is 0 Å². The van der Waals surface area contributed by atoms with Crippen molar-refractivity contribution < 1.29 is 14.3 Å². The van der Waals surface area contributed by atoms with Gasteiger partial charge in [0.05, 0.1) is 18.1 Å². The maximum Gasteiger partial charge on any atom is 0.243 e. The van der Waals surface area contributed by atoms with Crippen molar-refractivity contribution in [2.45, 2.75) is 25.4 Å². The van der Waals surface area contributed by atoms with Gasteiger partial charge in [0.15, 0.2) is 0 Å². The average Bonchev–Trinajstić information content (AvgIpc) is 3.40. The summed E-state index contributed by atoms with van der Waals surface area (Å²) in [5.41, 5.74) is 0.986. The monoisotopic (exact) mass is 328 g/mol. The number of morpholine rings is 1. The van der Waals surface area contributed by atoms with Crippen LogP contribution in [0.1, 0.15) is 18.4 Å². The normalized spacial score (nSPS) is 21.8. The van der Waals surface area contributed by atoms with Gasteiger partial charge in [-0.15, -0.1) is 0 Å². The lowest BCUT2D eigenvalue weighted by Gasteiger charge is -2.35. The lowest BCUT2D eigenvalue weighted by molar-refractivity contribution is -0.144. The number of ether oxygens (including phenoxy) is 1. The van der Waals surface area contributed by atoms with E-state index >= 15 is 0 Å². The van der Waals surface area contributed by atoms with Crippen LogP contribution in [0.3, 0.4) is 0 Å². The van der Waals surface area contributed by atoms with Gasteiger partial charge in [-0.1, -0.05) is 36.9 Å². The molecule has 0 aromatic heterocycles. The SMILES string of the molecule is C=CC(=O)NC[C@H]1CN(C(=O)C2(Cc3ccccc3)CC2)CCO1. The molecular weight excluding hydrogens is 304 g/mol. The molecule has 5 heteroatoms. The summed E-state index contributed by atoms with van der Waals surface area (Å²) in [5, 5.41) is 2.74. The Morgan fingerprint density at radius 3 is 2.75 bits per heavy atom. The molecule has 128 valence electrons. The van der Waals surface area contributed by atoms with E-state index in [1.54, 1.807) is 0 Å². The molecule has 24 heavy (non-hydrogen) atoms. The number of rotatable bonds is 6. The zero-order valence-corrected chi connectivity index (χ0v) is 13.9. The summed E-state index contributed by atoms with van der Waals surface area (Å²) in [6.45, 7) is 5.51. The molecule has 1 N–H and O–H groups in total. The minimum Gasteiger partial charge on any atom is -0.373 e. The van der Waals surface area contributed by atoms with Crippen LogP contribution < -0.4 is 5.32 Å². The highest BCUT2D eigenvalue weighted by atomic mass is 16.5. The molecule has 3 rings (SSSR count). The Morgan fingerprint density at radius 2 is 2.08 bits per heavy atom. The Morgan fingerprint density at radius 1 is 1.33 bits per heavy atom. The molecule has 0 spiro atoms. The van der Waals surface area contributed by atoms with E-state index in [1.165, 1.54) is 11.6 Å². The van der Waals surface area contributed by atoms with Crippen molar-refractivity contribution in [3.05, 3.63) is 48.6 Å². The Bertz CT molecular complexity index is 610. The molecule has 0 bridgehead atoms. The Hall–Kier alpha value is -2.14. The molecule has 2 aliphatic rings. The summed E-state index contributed by atoms with van der Waals surface area (Å²) < 4.78 is 5.66. The Kier molecular flexibility index (Phi) is 5.00. The number of carbonyl (C=O) groups excluding carboxylic acids is 2. The van der Waals surface area contributed by atoms with Crippen LogP contribution in [0.2, 0.25) is 0 Å². The van der Waals surface area contributed by atoms with Crippen molar-refractivity contribution in [2.24, 2.45) is 5.41 Å². The molecule has 2 fully saturated rings. The van der Waals surface area contributed by atoms with Gasteiger partial charge in [0, 0.05) is 19.6 Å². The maximum atomic E-state index is 13.0. The van der Waals surface area contributed by atoms with Gasteiger partial charge in [0.1, 0.15) is 0 Å². The van der Waals surface area contributed by atoms with Crippen LogP contribution in [0, 0.1) is 5.41 Å². The van der Waals surface area contributed by atoms with Crippen LogP contribution in [-0.4, -0.2) is 49.1 Å². The number of amides is 2. The van der Waals surface area contributed by atoms with Crippen molar-refractivity contribution in [3.8, 4) is 0 Å². The van der Waals surface area contributed by atoms with Crippen LogP contribution in [0.4, 0.5) is 0 Å². The zero-order valence-electron chi connectivity index (χ0n) is 13.9. The third-order valence-corrected chi connectivity index (χ3v) is 4.81. The van der Waals surface area contributed by atoms with E-state index in [0.29, 0.717) is 26.2 Å². The summed E-state index contributed by atoms with van der Waals surface area (Å²) >= 11 is 0. The third-order valence-electron chi connectivity index (χ3n) is 4.81. The quantitative estimate of drug-likeness (QED) is 0.806. The van der Waals surface area contributed by atoms with Crippen LogP contribution >= 0.6 is 0 Å². The molecule has 2 amide bonds. The summed E-state index contributed by atoms with van der Waals surface area (Å²) in [6.07, 6.45) is 3.80. The smallest absolute Gasteiger partial charge is 0.243 e. The first-order valence-electron chi connectivity index (χ1n) is 8.48. The number of nitrogens with zero attached hydrogens (tertiary/aromatic N) is 1. The predicted octanol–water partition coefficient (Wildman–Crippen LogP) is 1.54. The lowest BCUT2D eigenvalue weighted by Crippen LogP contribution is -2.51. The minimum atomic E-state index is -0.229. The maximum absolute atomic E-state index is 13.0. The van der Waals surface area contributed by atoms with Crippen LogP contribution in [0.15, 0.2) is 43.0 Å². The van der Waals surface area contributed by atoms with E-state index in [9.17, 15) is 9.59 Å². The van der Waals surface area contributed by atoms with Crippen molar-refractivity contribution in [1.29, 1.82) is 0 Å². The van der Waals surface area contributed by atoms with Gasteiger partial charge in [0.25, 0.3) is 0 Å². The fourth-order valence-electron chi connectivity index (χ4n) is 3.25. The molecule has 1 aliphatic heterocycles. The first-order valence-corrected chi connectivity index (χ1v) is 8.48. The Balaban J connectivity index is 1.58. The average molecular weight is 328 g/mol. The number of nitrogens with one attached hydrogen (secondary N) is 1. The molecule has 1 atom stereocenters. The van der Waals surface area contributed by atoms with E-state index in [4.69, 9.17) is 4.74 Å². The highest BCUT2D eigenvalue weighted by Crippen LogP contribution is 2.50. The summed E-state index contributed by atoms with van der Waals surface area (Å²) in [5.74, 6) is 0.0134. The van der Waals surface area contributed by atoms with E-state index in [0.717, 1.165) is 19.3 Å². The fraction of sp³-hybridized carbons (Fsp3) is 0.474. The minimum absolute atomic E-state index is 0.154. The van der Waals surface area contributed by atoms with Crippen molar-refractivity contribution in [2.75, 3.05) is 26.2 Å². The lowest BCUT2D eigenvalue weighted by atomic mass is 9.94. The molecule has 1 saturated carbocycles. The molecule has 0 radical (unpaired) electrons. The first-order chi connectivity index (χ1) is 11.6. The van der Waals surface area contributed by atoms with Gasteiger partial charge in [-0.3, -0.25) is 9.59 Å². The van der Waals surface area contributed by atoms with Crippen molar-refractivity contribution in [3.63, 3.8) is 0 Å². The summed E-state index contributed by atoms with van der Waals surface area (Å²) in [6, 6.07) is 10.2. The summed E-state index contributed by atoms with van der Waals surface area (Å²) in [4.78, 5) is 26.2. The van der Waals surface area contributed by atoms with Gasteiger partial charge < -0.3 is 15.0 Å². The van der Waals surface area contributed by atoms with Crippen LogP contribution in [0.25, 0.3) is 0 Å². The number of hydrogen-bond acceptors (Lipinski definition) is 3. The molecule has 0 unspecified atom stereocenters. The van der Waals surface area contributed by atoms with Gasteiger partial charge in [-0.25, -0.2) is 0 Å². The number of carbonyl (C=O) groups is 2. The van der Waals surface area contributed by atoms with E-state index in [2.05, 4.69) is 24.0 Å². The molecule has 1 aliphatic carbocycles. The topological polar surface area (TPSA) is 58.6 Å². The van der Waals surface area contributed by atoms with Gasteiger partial charge in [-0.2, -0.15) is 0 Å². The van der Waals surface area contributed by atoms with Gasteiger partial charge in [-0.05, 0) is 30.9 Å².